The summed E-state index contributed by atoms with van der Waals surface area (Å²) >= 11 is 0. The summed E-state index contributed by atoms with van der Waals surface area (Å²) in [7, 11) is 0. The van der Waals surface area contributed by atoms with Gasteiger partial charge in [0.25, 0.3) is 0 Å². The van der Waals surface area contributed by atoms with Gasteiger partial charge in [-0.15, -0.1) is 0 Å². The Labute approximate surface area is 53.0 Å². The van der Waals surface area contributed by atoms with Gasteiger partial charge in [0.2, 0.25) is 5.91 Å². The summed E-state index contributed by atoms with van der Waals surface area (Å²) in [4.78, 5) is 10.4. The van der Waals surface area contributed by atoms with Gasteiger partial charge in [-0.1, -0.05) is 0 Å². The number of primary amides is 1. The maximum absolute atomic E-state index is 10.4. The third-order valence-corrected chi connectivity index (χ3v) is 1.50. The molecule has 1 rings (SSSR count). The Morgan fingerprint density at radius 3 is 2.67 bits per heavy atom. The number of nitrogens with one attached hydrogen (secondary N) is 1. The van der Waals surface area contributed by atoms with Gasteiger partial charge in [-0.25, -0.2) is 0 Å². The monoisotopic (exact) mass is 130 g/mol. The van der Waals surface area contributed by atoms with E-state index in [1.165, 1.54) is 0 Å². The first-order valence-electron chi connectivity index (χ1n) is 2.92. The van der Waals surface area contributed by atoms with Gasteiger partial charge >= 0.3 is 0 Å². The number of amides is 1. The highest BCUT2D eigenvalue weighted by molar-refractivity contribution is 5.80. The summed E-state index contributed by atoms with van der Waals surface area (Å²) in [5.74, 6) is -0.472. The van der Waals surface area contributed by atoms with Gasteiger partial charge in [-0.3, -0.25) is 4.79 Å². The van der Waals surface area contributed by atoms with E-state index in [2.05, 4.69) is 5.32 Å². The minimum absolute atomic E-state index is 0.472. The standard InChI is InChI=1S/C5H10N2O2/c6-5(9)4-3(8)1-2-7-4/h3-4,7-8H,1-2H2,(H2,6,9)/t3?,4-/m0/s1. The van der Waals surface area contributed by atoms with Crippen LogP contribution in [0.1, 0.15) is 6.42 Å². The van der Waals surface area contributed by atoms with Crippen molar-refractivity contribution < 1.29 is 9.90 Å². The summed E-state index contributed by atoms with van der Waals surface area (Å²) in [6.07, 6.45) is 0.0376. The molecule has 0 saturated carbocycles. The molecular formula is C5H10N2O2. The van der Waals surface area contributed by atoms with E-state index in [1.807, 2.05) is 0 Å². The van der Waals surface area contributed by atoms with Crippen LogP contribution in [-0.2, 0) is 4.79 Å². The van der Waals surface area contributed by atoms with Crippen LogP contribution in [-0.4, -0.2) is 29.7 Å². The predicted molar refractivity (Wildman–Crippen MR) is 31.6 cm³/mol. The zero-order chi connectivity index (χ0) is 6.85. The highest BCUT2D eigenvalue weighted by atomic mass is 16.3. The molecule has 0 aliphatic carbocycles. The molecule has 4 heteroatoms. The van der Waals surface area contributed by atoms with Crippen molar-refractivity contribution in [1.82, 2.24) is 5.32 Å². The first-order chi connectivity index (χ1) is 4.22. The van der Waals surface area contributed by atoms with E-state index < -0.39 is 18.1 Å². The highest BCUT2D eigenvalue weighted by Crippen LogP contribution is 2.04. The largest absolute Gasteiger partial charge is 0.391 e. The van der Waals surface area contributed by atoms with Crippen molar-refractivity contribution in [3.8, 4) is 0 Å². The van der Waals surface area contributed by atoms with Crippen LogP contribution < -0.4 is 11.1 Å². The number of aliphatic hydroxyl groups is 1. The maximum Gasteiger partial charge on any atom is 0.237 e. The van der Waals surface area contributed by atoms with Crippen LogP contribution in [0.15, 0.2) is 0 Å². The molecule has 0 aromatic rings. The van der Waals surface area contributed by atoms with Crippen LogP contribution in [0, 0.1) is 0 Å². The van der Waals surface area contributed by atoms with Crippen molar-refractivity contribution in [3.63, 3.8) is 0 Å². The highest BCUT2D eigenvalue weighted by Gasteiger charge is 2.28. The minimum Gasteiger partial charge on any atom is -0.391 e. The third kappa shape index (κ3) is 1.20. The molecule has 0 radical (unpaired) electrons. The summed E-state index contributed by atoms with van der Waals surface area (Å²) in [6.45, 7) is 0.675. The number of hydrogen-bond acceptors (Lipinski definition) is 3. The molecule has 1 heterocycles. The second-order valence-electron chi connectivity index (χ2n) is 2.19. The Bertz CT molecular complexity index is 126. The summed E-state index contributed by atoms with van der Waals surface area (Å²) < 4.78 is 0. The third-order valence-electron chi connectivity index (χ3n) is 1.50. The first-order valence-corrected chi connectivity index (χ1v) is 2.92. The van der Waals surface area contributed by atoms with Crippen LogP contribution in [0.3, 0.4) is 0 Å². The Morgan fingerprint density at radius 1 is 1.78 bits per heavy atom. The smallest absolute Gasteiger partial charge is 0.237 e. The molecule has 2 atom stereocenters. The average Bonchev–Trinajstić information content (AvgIpc) is 2.13. The number of carbonyl (C=O) groups is 1. The van der Waals surface area contributed by atoms with E-state index in [9.17, 15) is 4.79 Å². The SMILES string of the molecule is NC(=O)[C@H]1NCCC1O. The number of nitrogens with two attached hydrogens (primary N) is 1. The van der Waals surface area contributed by atoms with E-state index in [-0.39, 0.29) is 0 Å². The molecule has 1 saturated heterocycles. The lowest BCUT2D eigenvalue weighted by Crippen LogP contribution is -2.42. The van der Waals surface area contributed by atoms with E-state index in [1.54, 1.807) is 0 Å². The van der Waals surface area contributed by atoms with Crippen molar-refractivity contribution in [2.45, 2.75) is 18.6 Å². The molecule has 4 nitrogen and oxygen atoms in total. The summed E-state index contributed by atoms with van der Waals surface area (Å²) in [5.41, 5.74) is 4.93. The van der Waals surface area contributed by atoms with Crippen LogP contribution in [0.5, 0.6) is 0 Å². The molecule has 1 aliphatic rings. The van der Waals surface area contributed by atoms with Gasteiger partial charge in [-0.2, -0.15) is 0 Å². The first kappa shape index (κ1) is 6.51. The van der Waals surface area contributed by atoms with Crippen LogP contribution in [0.4, 0.5) is 0 Å². The Kier molecular flexibility index (Phi) is 1.68. The van der Waals surface area contributed by atoms with Crippen molar-refractivity contribution in [3.05, 3.63) is 0 Å². The van der Waals surface area contributed by atoms with E-state index >= 15 is 0 Å². The number of carbonyl (C=O) groups excluding carboxylic acids is 1. The van der Waals surface area contributed by atoms with Crippen LogP contribution in [0.2, 0.25) is 0 Å². The molecule has 1 unspecified atom stereocenters. The topological polar surface area (TPSA) is 75.4 Å². The molecule has 1 fully saturated rings. The zero-order valence-corrected chi connectivity index (χ0v) is 5.00. The molecule has 4 N–H and O–H groups in total. The number of rotatable bonds is 1. The fourth-order valence-corrected chi connectivity index (χ4v) is 0.980. The lowest BCUT2D eigenvalue weighted by Gasteiger charge is -2.08. The molecule has 9 heavy (non-hydrogen) atoms. The van der Waals surface area contributed by atoms with E-state index in [0.717, 1.165) is 0 Å². The van der Waals surface area contributed by atoms with Crippen LogP contribution >= 0.6 is 0 Å². The number of hydrogen-bond donors (Lipinski definition) is 3. The molecule has 1 amide bonds. The van der Waals surface area contributed by atoms with Gasteiger partial charge in [-0.05, 0) is 13.0 Å². The Hall–Kier alpha value is -0.610. The lowest BCUT2D eigenvalue weighted by atomic mass is 10.2. The van der Waals surface area contributed by atoms with Crippen molar-refractivity contribution >= 4 is 5.91 Å². The van der Waals surface area contributed by atoms with Crippen molar-refractivity contribution in [2.75, 3.05) is 6.54 Å². The van der Waals surface area contributed by atoms with Crippen molar-refractivity contribution in [1.29, 1.82) is 0 Å². The summed E-state index contributed by atoms with van der Waals surface area (Å²) in [5, 5.41) is 11.8. The minimum atomic E-state index is -0.581. The molecule has 52 valence electrons. The van der Waals surface area contributed by atoms with Gasteiger partial charge in [0.15, 0.2) is 0 Å². The summed E-state index contributed by atoms with van der Waals surface area (Å²) in [6, 6.07) is -0.523. The molecule has 1 aliphatic heterocycles. The molecule has 0 bridgehead atoms. The fraction of sp³-hybridized carbons (Fsp3) is 0.800. The molecule has 0 aromatic carbocycles. The maximum atomic E-state index is 10.4. The molecule has 0 spiro atoms. The fourth-order valence-electron chi connectivity index (χ4n) is 0.980. The van der Waals surface area contributed by atoms with Crippen molar-refractivity contribution in [2.24, 2.45) is 5.73 Å². The van der Waals surface area contributed by atoms with Crippen LogP contribution in [0.25, 0.3) is 0 Å². The predicted octanol–water partition coefficient (Wildman–Crippen LogP) is -1.81. The van der Waals surface area contributed by atoms with Gasteiger partial charge in [0.1, 0.15) is 6.04 Å². The second kappa shape index (κ2) is 2.33. The Morgan fingerprint density at radius 2 is 2.44 bits per heavy atom. The number of aliphatic hydroxyl groups excluding tert-OH is 1. The van der Waals surface area contributed by atoms with E-state index in [4.69, 9.17) is 10.8 Å². The zero-order valence-electron chi connectivity index (χ0n) is 5.00. The van der Waals surface area contributed by atoms with Gasteiger partial charge in [0.05, 0.1) is 6.10 Å². The van der Waals surface area contributed by atoms with Gasteiger partial charge < -0.3 is 16.2 Å². The van der Waals surface area contributed by atoms with E-state index in [0.29, 0.717) is 13.0 Å². The molecular weight excluding hydrogens is 120 g/mol. The quantitative estimate of drug-likeness (QED) is 0.392. The molecule has 0 aromatic heterocycles. The second-order valence-corrected chi connectivity index (χ2v) is 2.19. The lowest BCUT2D eigenvalue weighted by molar-refractivity contribution is -0.121. The average molecular weight is 130 g/mol. The Balaban J connectivity index is 2.49. The normalized spacial score (nSPS) is 34.8. The van der Waals surface area contributed by atoms with Gasteiger partial charge in [0, 0.05) is 0 Å².